The van der Waals surface area contributed by atoms with E-state index in [0.717, 1.165) is 23.4 Å². The highest BCUT2D eigenvalue weighted by Gasteiger charge is 2.19. The van der Waals surface area contributed by atoms with E-state index in [2.05, 4.69) is 27.7 Å². The van der Waals surface area contributed by atoms with Crippen LogP contribution < -0.4 is 10.6 Å². The number of nitrogens with zero attached hydrogens (tertiary/aromatic N) is 2. The maximum absolute atomic E-state index is 11.8. The van der Waals surface area contributed by atoms with E-state index in [4.69, 9.17) is 4.52 Å². The van der Waals surface area contributed by atoms with Crippen molar-refractivity contribution in [3.05, 3.63) is 28.6 Å². The molecule has 108 valence electrons. The zero-order valence-corrected chi connectivity index (χ0v) is 12.6. The molecule has 2 N–H and O–H groups in total. The van der Waals surface area contributed by atoms with E-state index in [1.807, 2.05) is 19.2 Å². The lowest BCUT2D eigenvalue weighted by atomic mass is 10.0. The number of anilines is 1. The third-order valence-electron chi connectivity index (χ3n) is 3.03. The van der Waals surface area contributed by atoms with Gasteiger partial charge in [-0.05, 0) is 20.3 Å². The molecular formula is C13H18N4O2S. The quantitative estimate of drug-likeness (QED) is 0.855. The number of carbonyl (C=O) groups excluding carboxylic acids is 1. The Morgan fingerprint density at radius 1 is 1.50 bits per heavy atom. The fourth-order valence-electron chi connectivity index (χ4n) is 2.10. The van der Waals surface area contributed by atoms with E-state index in [1.54, 1.807) is 6.20 Å². The molecule has 1 amide bonds. The highest BCUT2D eigenvalue weighted by molar-refractivity contribution is 7.13. The minimum Gasteiger partial charge on any atom is -0.361 e. The molecule has 0 spiro atoms. The first kappa shape index (κ1) is 14.7. The number of aromatic nitrogens is 2. The molecule has 2 aromatic heterocycles. The van der Waals surface area contributed by atoms with Gasteiger partial charge in [-0.15, -0.1) is 11.3 Å². The Morgan fingerprint density at radius 3 is 2.85 bits per heavy atom. The van der Waals surface area contributed by atoms with Crippen molar-refractivity contribution in [2.24, 2.45) is 0 Å². The maximum atomic E-state index is 11.8. The van der Waals surface area contributed by atoms with Crippen LogP contribution in [0.3, 0.4) is 0 Å². The molecule has 7 heteroatoms. The third kappa shape index (κ3) is 3.43. The molecule has 0 unspecified atom stereocenters. The van der Waals surface area contributed by atoms with Crippen molar-refractivity contribution in [1.29, 1.82) is 0 Å². The summed E-state index contributed by atoms with van der Waals surface area (Å²) < 4.78 is 5.17. The average molecular weight is 294 g/mol. The standard InChI is InChI=1S/C13H18N4O2S/c1-4-10(12-8(2)17-19-9(12)3)15-7-11(18)16-13-14-5-6-20-13/h5-6,10,15H,4,7H2,1-3H3,(H,14,16,18)/t10-/m1/s1. The first-order chi connectivity index (χ1) is 9.61. The van der Waals surface area contributed by atoms with E-state index in [-0.39, 0.29) is 18.5 Å². The highest BCUT2D eigenvalue weighted by Crippen LogP contribution is 2.23. The summed E-state index contributed by atoms with van der Waals surface area (Å²) in [5, 5.41) is 12.4. The number of nitrogens with one attached hydrogen (secondary N) is 2. The van der Waals surface area contributed by atoms with Crippen molar-refractivity contribution in [2.75, 3.05) is 11.9 Å². The summed E-state index contributed by atoms with van der Waals surface area (Å²) in [6, 6.07) is 0.0586. The van der Waals surface area contributed by atoms with Crippen LogP contribution in [0.4, 0.5) is 5.13 Å². The second-order valence-electron chi connectivity index (χ2n) is 4.47. The van der Waals surface area contributed by atoms with Crippen LogP contribution in [0.1, 0.15) is 36.4 Å². The summed E-state index contributed by atoms with van der Waals surface area (Å²) in [4.78, 5) is 15.8. The molecule has 2 aromatic rings. The molecule has 0 saturated carbocycles. The average Bonchev–Trinajstić information content (AvgIpc) is 3.03. The van der Waals surface area contributed by atoms with Gasteiger partial charge >= 0.3 is 0 Å². The molecular weight excluding hydrogens is 276 g/mol. The Bertz CT molecular complexity index is 545. The summed E-state index contributed by atoms with van der Waals surface area (Å²) in [6.07, 6.45) is 2.51. The molecule has 2 heterocycles. The molecule has 0 saturated heterocycles. The van der Waals surface area contributed by atoms with Gasteiger partial charge in [0.2, 0.25) is 5.91 Å². The molecule has 20 heavy (non-hydrogen) atoms. The van der Waals surface area contributed by atoms with Gasteiger partial charge in [-0.2, -0.15) is 0 Å². The molecule has 1 atom stereocenters. The van der Waals surface area contributed by atoms with Crippen molar-refractivity contribution >= 4 is 22.4 Å². The fourth-order valence-corrected chi connectivity index (χ4v) is 2.65. The number of thiazole rings is 1. The van der Waals surface area contributed by atoms with E-state index in [1.165, 1.54) is 11.3 Å². The zero-order valence-electron chi connectivity index (χ0n) is 11.8. The van der Waals surface area contributed by atoms with Gasteiger partial charge in [0.15, 0.2) is 5.13 Å². The monoisotopic (exact) mass is 294 g/mol. The van der Waals surface area contributed by atoms with E-state index in [9.17, 15) is 4.79 Å². The van der Waals surface area contributed by atoms with Crippen molar-refractivity contribution in [1.82, 2.24) is 15.5 Å². The topological polar surface area (TPSA) is 80.0 Å². The van der Waals surface area contributed by atoms with Gasteiger partial charge in [0.05, 0.1) is 12.2 Å². The minimum atomic E-state index is -0.106. The molecule has 0 aliphatic rings. The smallest absolute Gasteiger partial charge is 0.240 e. The van der Waals surface area contributed by atoms with Crippen LogP contribution in [0, 0.1) is 13.8 Å². The van der Waals surface area contributed by atoms with Crippen LogP contribution in [-0.2, 0) is 4.79 Å². The normalized spacial score (nSPS) is 12.3. The van der Waals surface area contributed by atoms with Crippen molar-refractivity contribution in [3.63, 3.8) is 0 Å². The lowest BCUT2D eigenvalue weighted by Crippen LogP contribution is -2.31. The number of amides is 1. The zero-order chi connectivity index (χ0) is 14.5. The van der Waals surface area contributed by atoms with Gasteiger partial charge in [0.1, 0.15) is 5.76 Å². The van der Waals surface area contributed by atoms with Gasteiger partial charge in [0, 0.05) is 23.2 Å². The van der Waals surface area contributed by atoms with Gasteiger partial charge < -0.3 is 15.2 Å². The Hall–Kier alpha value is -1.73. The second kappa shape index (κ2) is 6.62. The summed E-state index contributed by atoms with van der Waals surface area (Å²) >= 11 is 1.40. The van der Waals surface area contributed by atoms with Gasteiger partial charge in [-0.25, -0.2) is 4.98 Å². The van der Waals surface area contributed by atoms with Crippen LogP contribution >= 0.6 is 11.3 Å². The second-order valence-corrected chi connectivity index (χ2v) is 5.36. The SMILES string of the molecule is CC[C@@H](NCC(=O)Nc1nccs1)c1c(C)noc1C. The molecule has 0 fully saturated rings. The molecule has 0 aliphatic carbocycles. The molecule has 0 radical (unpaired) electrons. The molecule has 0 aliphatic heterocycles. The van der Waals surface area contributed by atoms with Crippen LogP contribution in [0.5, 0.6) is 0 Å². The highest BCUT2D eigenvalue weighted by atomic mass is 32.1. The van der Waals surface area contributed by atoms with Crippen LogP contribution in [0.15, 0.2) is 16.1 Å². The van der Waals surface area contributed by atoms with E-state index < -0.39 is 0 Å². The fraction of sp³-hybridized carbons (Fsp3) is 0.462. The van der Waals surface area contributed by atoms with Crippen molar-refractivity contribution in [2.45, 2.75) is 33.2 Å². The first-order valence-electron chi connectivity index (χ1n) is 6.47. The number of rotatable bonds is 6. The first-order valence-corrected chi connectivity index (χ1v) is 7.35. The molecule has 2 rings (SSSR count). The Balaban J connectivity index is 1.93. The summed E-state index contributed by atoms with van der Waals surface area (Å²) in [5.41, 5.74) is 1.90. The summed E-state index contributed by atoms with van der Waals surface area (Å²) in [5.74, 6) is 0.687. The van der Waals surface area contributed by atoms with Crippen LogP contribution in [0.25, 0.3) is 0 Å². The number of hydrogen-bond donors (Lipinski definition) is 2. The minimum absolute atomic E-state index is 0.0586. The molecule has 0 aromatic carbocycles. The number of hydrogen-bond acceptors (Lipinski definition) is 6. The lowest BCUT2D eigenvalue weighted by molar-refractivity contribution is -0.115. The van der Waals surface area contributed by atoms with Gasteiger partial charge in [0.25, 0.3) is 0 Å². The number of aryl methyl sites for hydroxylation is 2. The largest absolute Gasteiger partial charge is 0.361 e. The van der Waals surface area contributed by atoms with Crippen molar-refractivity contribution in [3.8, 4) is 0 Å². The van der Waals surface area contributed by atoms with E-state index in [0.29, 0.717) is 5.13 Å². The van der Waals surface area contributed by atoms with Crippen molar-refractivity contribution < 1.29 is 9.32 Å². The Labute approximate surface area is 121 Å². The predicted octanol–water partition coefficient (Wildman–Crippen LogP) is 2.43. The third-order valence-corrected chi connectivity index (χ3v) is 3.72. The molecule has 6 nitrogen and oxygen atoms in total. The predicted molar refractivity (Wildman–Crippen MR) is 77.8 cm³/mol. The van der Waals surface area contributed by atoms with Gasteiger partial charge in [-0.1, -0.05) is 12.1 Å². The van der Waals surface area contributed by atoms with Crippen LogP contribution in [-0.4, -0.2) is 22.6 Å². The maximum Gasteiger partial charge on any atom is 0.240 e. The Morgan fingerprint density at radius 2 is 2.30 bits per heavy atom. The molecule has 0 bridgehead atoms. The van der Waals surface area contributed by atoms with Crippen LogP contribution in [0.2, 0.25) is 0 Å². The Kier molecular flexibility index (Phi) is 4.86. The summed E-state index contributed by atoms with van der Waals surface area (Å²) in [6.45, 7) is 6.07. The summed E-state index contributed by atoms with van der Waals surface area (Å²) in [7, 11) is 0. The number of carbonyl (C=O) groups is 1. The van der Waals surface area contributed by atoms with Gasteiger partial charge in [-0.3, -0.25) is 4.79 Å². The van der Waals surface area contributed by atoms with E-state index >= 15 is 0 Å². The lowest BCUT2D eigenvalue weighted by Gasteiger charge is -2.16.